The number of rotatable bonds is 9. The van der Waals surface area contributed by atoms with E-state index in [0.29, 0.717) is 30.5 Å². The lowest BCUT2D eigenvalue weighted by Crippen LogP contribution is -2.60. The van der Waals surface area contributed by atoms with Gasteiger partial charge in [-0.05, 0) is 72.4 Å². The van der Waals surface area contributed by atoms with Gasteiger partial charge in [-0.1, -0.05) is 36.4 Å². The maximum absolute atomic E-state index is 13.6. The second-order valence-electron chi connectivity index (χ2n) is 10.6. The van der Waals surface area contributed by atoms with Crippen molar-refractivity contribution in [2.45, 2.75) is 62.2 Å². The predicted molar refractivity (Wildman–Crippen MR) is 144 cm³/mol. The molecule has 2 aliphatic rings. The first-order valence-corrected chi connectivity index (χ1v) is 13.5. The van der Waals surface area contributed by atoms with Crippen LogP contribution >= 0.6 is 0 Å². The minimum atomic E-state index is -1.75. The summed E-state index contributed by atoms with van der Waals surface area (Å²) in [5.74, 6) is -2.54. The third-order valence-corrected chi connectivity index (χ3v) is 7.93. The van der Waals surface area contributed by atoms with E-state index in [0.717, 1.165) is 11.1 Å². The summed E-state index contributed by atoms with van der Waals surface area (Å²) in [5.41, 5.74) is 3.08. The Morgan fingerprint density at radius 3 is 2.00 bits per heavy atom. The quantitative estimate of drug-likeness (QED) is 0.293. The van der Waals surface area contributed by atoms with Crippen molar-refractivity contribution in [2.24, 2.45) is 5.92 Å². The number of aliphatic hydroxyl groups is 3. The molecule has 0 unspecified atom stereocenters. The maximum atomic E-state index is 13.6. The van der Waals surface area contributed by atoms with Gasteiger partial charge in [0.2, 0.25) is 5.91 Å². The summed E-state index contributed by atoms with van der Waals surface area (Å²) >= 11 is 0. The van der Waals surface area contributed by atoms with Gasteiger partial charge in [-0.2, -0.15) is 0 Å². The van der Waals surface area contributed by atoms with E-state index in [-0.39, 0.29) is 30.1 Å². The highest BCUT2D eigenvalue weighted by molar-refractivity contribution is 6.03. The van der Waals surface area contributed by atoms with Crippen LogP contribution in [0.3, 0.4) is 0 Å². The fourth-order valence-corrected chi connectivity index (χ4v) is 5.68. The minimum absolute atomic E-state index is 0.0734. The van der Waals surface area contributed by atoms with E-state index in [2.05, 4.69) is 0 Å². The summed E-state index contributed by atoms with van der Waals surface area (Å²) in [6.07, 6.45) is -5.55. The smallest absolute Gasteiger partial charge is 0.335 e. The first-order chi connectivity index (χ1) is 19.6. The second-order valence-corrected chi connectivity index (χ2v) is 10.6. The lowest BCUT2D eigenvalue weighted by atomic mass is 9.78. The lowest BCUT2D eigenvalue weighted by Gasteiger charge is -2.48. The number of benzene rings is 3. The first-order valence-electron chi connectivity index (χ1n) is 13.5. The van der Waals surface area contributed by atoms with Crippen LogP contribution in [0.2, 0.25) is 0 Å². The average Bonchev–Trinajstić information content (AvgIpc) is 2.96. The normalized spacial score (nSPS) is 27.9. The molecule has 4 N–H and O–H groups in total. The molecule has 2 saturated heterocycles. The SMILES string of the molecule is O=C(O)[C@H]1O[C@@H](Cc2ccc([C@@H]3[C@@H](CCCc4ccc(F)cc4)C(=O)N3c3ccc(F)cc3)cc2)[C@H](O)[C@@H](O)[C@@H]1O. The summed E-state index contributed by atoms with van der Waals surface area (Å²) < 4.78 is 32.2. The van der Waals surface area contributed by atoms with Gasteiger partial charge in [0.25, 0.3) is 0 Å². The highest BCUT2D eigenvalue weighted by Crippen LogP contribution is 2.45. The molecule has 41 heavy (non-hydrogen) atoms. The number of ether oxygens (including phenoxy) is 1. The number of aliphatic carboxylic acids is 1. The van der Waals surface area contributed by atoms with Crippen LogP contribution in [0.4, 0.5) is 14.5 Å². The highest BCUT2D eigenvalue weighted by atomic mass is 19.1. The molecule has 0 aromatic heterocycles. The molecule has 0 radical (unpaired) electrons. The van der Waals surface area contributed by atoms with Crippen molar-refractivity contribution in [3.8, 4) is 0 Å². The van der Waals surface area contributed by atoms with Gasteiger partial charge in [-0.15, -0.1) is 0 Å². The second kappa shape index (κ2) is 12.0. The number of nitrogens with zero attached hydrogens (tertiary/aromatic N) is 1. The molecule has 2 aliphatic heterocycles. The largest absolute Gasteiger partial charge is 0.479 e. The molecule has 216 valence electrons. The van der Waals surface area contributed by atoms with Gasteiger partial charge in [-0.3, -0.25) is 4.79 Å². The molecule has 0 saturated carbocycles. The van der Waals surface area contributed by atoms with Crippen molar-refractivity contribution >= 4 is 17.6 Å². The molecule has 0 spiro atoms. The Morgan fingerprint density at radius 1 is 0.805 bits per heavy atom. The van der Waals surface area contributed by atoms with Crippen molar-refractivity contribution in [2.75, 3.05) is 4.90 Å². The van der Waals surface area contributed by atoms with Crippen LogP contribution in [-0.4, -0.2) is 62.8 Å². The van der Waals surface area contributed by atoms with Crippen LogP contribution < -0.4 is 4.90 Å². The number of carboxylic acid groups (broad SMARTS) is 1. The van der Waals surface area contributed by atoms with E-state index in [1.54, 1.807) is 41.3 Å². The molecule has 1 amide bonds. The zero-order valence-corrected chi connectivity index (χ0v) is 22.0. The molecule has 0 aliphatic carbocycles. The van der Waals surface area contributed by atoms with Crippen LogP contribution in [0.15, 0.2) is 72.8 Å². The maximum Gasteiger partial charge on any atom is 0.335 e. The van der Waals surface area contributed by atoms with Gasteiger partial charge in [0.1, 0.15) is 29.9 Å². The number of carbonyl (C=O) groups is 2. The lowest BCUT2D eigenvalue weighted by molar-refractivity contribution is -0.227. The number of aliphatic hydroxyl groups excluding tert-OH is 3. The Labute approximate surface area is 235 Å². The molecule has 2 heterocycles. The number of β-lactam (4-membered cyclic amide) rings is 1. The van der Waals surface area contributed by atoms with Crippen LogP contribution in [0, 0.1) is 17.6 Å². The van der Waals surface area contributed by atoms with Gasteiger partial charge in [0.05, 0.1) is 18.1 Å². The van der Waals surface area contributed by atoms with Gasteiger partial charge in [0, 0.05) is 12.1 Å². The number of hydrogen-bond acceptors (Lipinski definition) is 6. The number of carbonyl (C=O) groups excluding carboxylic acids is 1. The molecule has 10 heteroatoms. The summed E-state index contributed by atoms with van der Waals surface area (Å²) in [4.78, 5) is 26.3. The Bertz CT molecular complexity index is 1370. The zero-order valence-electron chi connectivity index (χ0n) is 22.0. The molecule has 7 atom stereocenters. The van der Waals surface area contributed by atoms with Gasteiger partial charge in [-0.25, -0.2) is 13.6 Å². The number of aryl methyl sites for hydroxylation is 1. The van der Waals surface area contributed by atoms with Crippen molar-refractivity contribution < 1.29 is 43.5 Å². The Morgan fingerprint density at radius 2 is 1.39 bits per heavy atom. The van der Waals surface area contributed by atoms with Crippen molar-refractivity contribution in [3.05, 3.63) is 101 Å². The van der Waals surface area contributed by atoms with Gasteiger partial charge < -0.3 is 30.1 Å². The topological polar surface area (TPSA) is 128 Å². The van der Waals surface area contributed by atoms with Crippen molar-refractivity contribution in [1.82, 2.24) is 0 Å². The predicted octanol–water partition coefficient (Wildman–Crippen LogP) is 3.17. The average molecular weight is 568 g/mol. The highest BCUT2D eigenvalue weighted by Gasteiger charge is 2.49. The first kappa shape index (κ1) is 28.8. The Kier molecular flexibility index (Phi) is 8.46. The van der Waals surface area contributed by atoms with E-state index in [4.69, 9.17) is 4.74 Å². The third kappa shape index (κ3) is 6.01. The van der Waals surface area contributed by atoms with Crippen molar-refractivity contribution in [3.63, 3.8) is 0 Å². The standard InChI is InChI=1S/C31H31F2NO7/c32-20-10-6-17(7-11-20)2-1-3-23-25(34(30(23)38)22-14-12-21(33)13-15-22)19-8-4-18(5-9-19)16-24-26(35)27(36)28(37)29(41-24)31(39)40/h4-15,23-29,35-37H,1-3,16H2,(H,39,40)/t23-,24+,25-,26+,27-,28+,29+/m1/s1. The number of hydrogen-bond donors (Lipinski definition) is 4. The van der Waals surface area contributed by atoms with Crippen molar-refractivity contribution in [1.29, 1.82) is 0 Å². The molecule has 2 fully saturated rings. The molecule has 8 nitrogen and oxygen atoms in total. The third-order valence-electron chi connectivity index (χ3n) is 7.93. The molecular weight excluding hydrogens is 536 g/mol. The monoisotopic (exact) mass is 567 g/mol. The van der Waals surface area contributed by atoms with Crippen LogP contribution in [0.1, 0.15) is 35.6 Å². The fraction of sp³-hybridized carbons (Fsp3) is 0.355. The van der Waals surface area contributed by atoms with Gasteiger partial charge >= 0.3 is 5.97 Å². The van der Waals surface area contributed by atoms with E-state index in [9.17, 15) is 38.8 Å². The Balaban J connectivity index is 1.32. The molecule has 3 aromatic rings. The number of anilines is 1. The minimum Gasteiger partial charge on any atom is -0.479 e. The molecular formula is C31H31F2NO7. The molecule has 0 bridgehead atoms. The van der Waals surface area contributed by atoms with Crippen LogP contribution in [0.5, 0.6) is 0 Å². The summed E-state index contributed by atoms with van der Waals surface area (Å²) in [5, 5.41) is 39.7. The molecule has 3 aromatic carbocycles. The number of amides is 1. The van der Waals surface area contributed by atoms with Gasteiger partial charge in [0.15, 0.2) is 6.10 Å². The zero-order chi connectivity index (χ0) is 29.3. The van der Waals surface area contributed by atoms with Crippen LogP contribution in [0.25, 0.3) is 0 Å². The number of halogens is 2. The molecule has 5 rings (SSSR count). The fourth-order valence-electron chi connectivity index (χ4n) is 5.68. The van der Waals surface area contributed by atoms with E-state index < -0.39 is 42.3 Å². The van der Waals surface area contributed by atoms with E-state index in [1.807, 2.05) is 12.1 Å². The van der Waals surface area contributed by atoms with E-state index >= 15 is 0 Å². The van der Waals surface area contributed by atoms with E-state index in [1.165, 1.54) is 24.3 Å². The number of carboxylic acids is 1. The summed E-state index contributed by atoms with van der Waals surface area (Å²) in [6, 6.07) is 18.9. The summed E-state index contributed by atoms with van der Waals surface area (Å²) in [7, 11) is 0. The van der Waals surface area contributed by atoms with Crippen LogP contribution in [-0.2, 0) is 27.2 Å². The Hall–Kier alpha value is -3.70. The summed E-state index contributed by atoms with van der Waals surface area (Å²) in [6.45, 7) is 0.